The lowest BCUT2D eigenvalue weighted by Crippen LogP contribution is -2.16. The molecule has 5 nitrogen and oxygen atoms in total. The minimum absolute atomic E-state index is 0.248. The van der Waals surface area contributed by atoms with Gasteiger partial charge in [-0.3, -0.25) is 10.1 Å². The number of carbonyl (C=O) groups is 1. The number of hydrogen-bond acceptors (Lipinski definition) is 5. The second-order valence-corrected chi connectivity index (χ2v) is 5.72. The summed E-state index contributed by atoms with van der Waals surface area (Å²) in [7, 11) is 0. The predicted molar refractivity (Wildman–Crippen MR) is 74.0 cm³/mol. The van der Waals surface area contributed by atoms with Crippen LogP contribution in [0.1, 0.15) is 26.6 Å². The molecule has 13 heteroatoms. The third-order valence-electron chi connectivity index (χ3n) is 2.60. The van der Waals surface area contributed by atoms with Crippen molar-refractivity contribution in [2.24, 2.45) is 0 Å². The number of nitriles is 1. The van der Waals surface area contributed by atoms with E-state index in [9.17, 15) is 31.1 Å². The number of aromatic nitrogens is 2. The minimum atomic E-state index is -4.91. The van der Waals surface area contributed by atoms with Crippen molar-refractivity contribution < 1.29 is 31.1 Å². The largest absolute Gasteiger partial charge is 0.435 e. The lowest BCUT2D eigenvalue weighted by Gasteiger charge is -2.08. The van der Waals surface area contributed by atoms with Crippen LogP contribution in [0.25, 0.3) is 0 Å². The number of nitrogens with one attached hydrogen (secondary N) is 1. The highest BCUT2D eigenvalue weighted by molar-refractivity contribution is 7.16. The molecule has 0 radical (unpaired) electrons. The van der Waals surface area contributed by atoms with Gasteiger partial charge in [-0.25, -0.2) is 9.97 Å². The average Bonchev–Trinajstić information content (AvgIpc) is 2.89. The van der Waals surface area contributed by atoms with Crippen molar-refractivity contribution in [2.75, 3.05) is 5.32 Å². The van der Waals surface area contributed by atoms with E-state index in [0.29, 0.717) is 12.3 Å². The van der Waals surface area contributed by atoms with Crippen molar-refractivity contribution >= 4 is 34.0 Å². The van der Waals surface area contributed by atoms with Crippen LogP contribution in [0, 0.1) is 11.3 Å². The first-order valence-corrected chi connectivity index (χ1v) is 7.15. The highest BCUT2D eigenvalue weighted by Gasteiger charge is 2.38. The number of thiazole rings is 1. The van der Waals surface area contributed by atoms with Gasteiger partial charge in [0.1, 0.15) is 16.6 Å². The molecule has 0 aliphatic carbocycles. The Hall–Kier alpha value is -2.39. The molecular formula is C12H3ClF6N4OS. The van der Waals surface area contributed by atoms with Gasteiger partial charge in [-0.2, -0.15) is 31.6 Å². The maximum atomic E-state index is 12.7. The highest BCUT2D eigenvalue weighted by atomic mass is 35.5. The molecule has 25 heavy (non-hydrogen) atoms. The molecule has 2 heterocycles. The van der Waals surface area contributed by atoms with Gasteiger partial charge in [0.15, 0.2) is 10.8 Å². The SMILES string of the molecule is N#Cc1sc(NC(=O)c2ncc(C(F)(F)F)cc2Cl)nc1C(F)(F)F. The molecule has 0 atom stereocenters. The Morgan fingerprint density at radius 1 is 1.24 bits per heavy atom. The first-order valence-electron chi connectivity index (χ1n) is 5.95. The van der Waals surface area contributed by atoms with Crippen LogP contribution in [0.3, 0.4) is 0 Å². The Bertz CT molecular complexity index is 870. The molecule has 2 aromatic heterocycles. The monoisotopic (exact) mass is 400 g/mol. The number of anilines is 1. The summed E-state index contributed by atoms with van der Waals surface area (Å²) >= 11 is 5.81. The number of rotatable bonds is 2. The van der Waals surface area contributed by atoms with E-state index in [-0.39, 0.29) is 11.3 Å². The fourth-order valence-corrected chi connectivity index (χ4v) is 2.59. The number of nitrogens with zero attached hydrogens (tertiary/aromatic N) is 3. The van der Waals surface area contributed by atoms with E-state index in [1.54, 1.807) is 0 Å². The summed E-state index contributed by atoms with van der Waals surface area (Å²) in [5.74, 6) is -1.18. The fraction of sp³-hybridized carbons (Fsp3) is 0.167. The predicted octanol–water partition coefficient (Wildman–Crippen LogP) is 4.35. The third kappa shape index (κ3) is 4.18. The molecule has 0 fully saturated rings. The topological polar surface area (TPSA) is 78.7 Å². The van der Waals surface area contributed by atoms with Crippen molar-refractivity contribution in [2.45, 2.75) is 12.4 Å². The van der Waals surface area contributed by atoms with Crippen molar-refractivity contribution in [3.05, 3.63) is 39.1 Å². The van der Waals surface area contributed by atoms with Crippen LogP contribution in [-0.2, 0) is 12.4 Å². The van der Waals surface area contributed by atoms with E-state index in [1.807, 2.05) is 5.32 Å². The van der Waals surface area contributed by atoms with Gasteiger partial charge in [0, 0.05) is 6.20 Å². The summed E-state index contributed by atoms with van der Waals surface area (Å²) in [6.07, 6.45) is -9.29. The Balaban J connectivity index is 2.29. The summed E-state index contributed by atoms with van der Waals surface area (Å²) < 4.78 is 75.5. The second kappa shape index (κ2) is 6.49. The molecular weight excluding hydrogens is 398 g/mol. The molecule has 0 aliphatic rings. The quantitative estimate of drug-likeness (QED) is 0.760. The Morgan fingerprint density at radius 3 is 2.32 bits per heavy atom. The Labute approximate surface area is 143 Å². The molecule has 0 aliphatic heterocycles. The maximum Gasteiger partial charge on any atom is 0.435 e. The van der Waals surface area contributed by atoms with Crippen molar-refractivity contribution in [1.82, 2.24) is 9.97 Å². The standard InChI is InChI=1S/C12H3ClF6N4OS/c13-5-1-4(11(14,15)16)3-21-7(5)9(24)23-10-22-8(12(17,18)19)6(2-20)25-10/h1,3H,(H,22,23,24). The van der Waals surface area contributed by atoms with Gasteiger partial charge in [0.25, 0.3) is 5.91 Å². The van der Waals surface area contributed by atoms with Crippen LogP contribution in [-0.4, -0.2) is 15.9 Å². The Morgan fingerprint density at radius 2 is 1.88 bits per heavy atom. The van der Waals surface area contributed by atoms with E-state index in [4.69, 9.17) is 16.9 Å². The number of pyridine rings is 1. The second-order valence-electron chi connectivity index (χ2n) is 4.31. The third-order valence-corrected chi connectivity index (χ3v) is 3.76. The number of alkyl halides is 6. The van der Waals surface area contributed by atoms with Crippen LogP contribution < -0.4 is 5.32 Å². The van der Waals surface area contributed by atoms with Crippen LogP contribution >= 0.6 is 22.9 Å². The molecule has 0 aromatic carbocycles. The highest BCUT2D eigenvalue weighted by Crippen LogP contribution is 2.36. The van der Waals surface area contributed by atoms with Gasteiger partial charge in [-0.1, -0.05) is 22.9 Å². The number of carbonyl (C=O) groups excluding carboxylic acids is 1. The Kier molecular flexibility index (Phi) is 4.92. The van der Waals surface area contributed by atoms with E-state index in [1.165, 1.54) is 6.07 Å². The van der Waals surface area contributed by atoms with Gasteiger partial charge < -0.3 is 0 Å². The lowest BCUT2D eigenvalue weighted by atomic mass is 10.2. The normalized spacial score (nSPS) is 11.9. The van der Waals surface area contributed by atoms with Crippen LogP contribution in [0.4, 0.5) is 31.5 Å². The molecule has 1 amide bonds. The van der Waals surface area contributed by atoms with Gasteiger partial charge in [-0.15, -0.1) is 0 Å². The molecule has 132 valence electrons. The number of hydrogen-bond donors (Lipinski definition) is 1. The molecule has 0 spiro atoms. The van der Waals surface area contributed by atoms with Gasteiger partial charge >= 0.3 is 12.4 Å². The average molecular weight is 401 g/mol. The van der Waals surface area contributed by atoms with Crippen molar-refractivity contribution in [3.8, 4) is 6.07 Å². The van der Waals surface area contributed by atoms with E-state index in [0.717, 1.165) is 0 Å². The number of halogens is 7. The van der Waals surface area contributed by atoms with E-state index >= 15 is 0 Å². The number of amides is 1. The first-order chi connectivity index (χ1) is 11.4. The smallest absolute Gasteiger partial charge is 0.296 e. The molecule has 0 unspecified atom stereocenters. The van der Waals surface area contributed by atoms with Gasteiger partial charge in [0.05, 0.1) is 10.6 Å². The van der Waals surface area contributed by atoms with Gasteiger partial charge in [-0.05, 0) is 6.07 Å². The molecule has 0 saturated carbocycles. The first kappa shape index (κ1) is 18.9. The van der Waals surface area contributed by atoms with Crippen LogP contribution in [0.5, 0.6) is 0 Å². The van der Waals surface area contributed by atoms with Crippen molar-refractivity contribution in [1.29, 1.82) is 5.26 Å². The van der Waals surface area contributed by atoms with E-state index in [2.05, 4.69) is 9.97 Å². The van der Waals surface area contributed by atoms with E-state index < -0.39 is 50.2 Å². The maximum absolute atomic E-state index is 12.7. The van der Waals surface area contributed by atoms with Crippen LogP contribution in [0.15, 0.2) is 12.3 Å². The summed E-state index contributed by atoms with van der Waals surface area (Å²) in [6.45, 7) is 0. The summed E-state index contributed by atoms with van der Waals surface area (Å²) in [5.41, 5.74) is -3.33. The summed E-state index contributed by atoms with van der Waals surface area (Å²) in [6, 6.07) is 1.74. The summed E-state index contributed by atoms with van der Waals surface area (Å²) in [5, 5.41) is 9.35. The molecule has 2 aromatic rings. The molecule has 0 saturated heterocycles. The zero-order chi connectivity index (χ0) is 19.0. The molecule has 0 bridgehead atoms. The van der Waals surface area contributed by atoms with Crippen molar-refractivity contribution in [3.63, 3.8) is 0 Å². The van der Waals surface area contributed by atoms with Crippen LogP contribution in [0.2, 0.25) is 5.02 Å². The zero-order valence-electron chi connectivity index (χ0n) is 11.5. The lowest BCUT2D eigenvalue weighted by molar-refractivity contribution is -0.141. The molecule has 1 N–H and O–H groups in total. The molecule has 2 rings (SSSR count). The summed E-state index contributed by atoms with van der Waals surface area (Å²) in [4.78, 5) is 17.5. The fourth-order valence-electron chi connectivity index (χ4n) is 1.56. The minimum Gasteiger partial charge on any atom is -0.296 e. The zero-order valence-corrected chi connectivity index (χ0v) is 13.0. The van der Waals surface area contributed by atoms with Gasteiger partial charge in [0.2, 0.25) is 0 Å².